The van der Waals surface area contributed by atoms with Crippen LogP contribution in [0.5, 0.6) is 0 Å². The van der Waals surface area contributed by atoms with Gasteiger partial charge in [0.2, 0.25) is 11.8 Å². The number of rotatable bonds is 5. The van der Waals surface area contributed by atoms with Crippen LogP contribution in [0.25, 0.3) is 0 Å². The fourth-order valence-corrected chi connectivity index (χ4v) is 4.41. The number of halogens is 1. The second kappa shape index (κ2) is 7.55. The van der Waals surface area contributed by atoms with E-state index in [4.69, 9.17) is 0 Å². The lowest BCUT2D eigenvalue weighted by Gasteiger charge is -2.48. The van der Waals surface area contributed by atoms with Gasteiger partial charge in [-0.15, -0.1) is 0 Å². The Kier molecular flexibility index (Phi) is 5.05. The fourth-order valence-electron chi connectivity index (χ4n) is 4.41. The van der Waals surface area contributed by atoms with Crippen LogP contribution < -0.4 is 4.90 Å². The summed E-state index contributed by atoms with van der Waals surface area (Å²) in [5.41, 5.74) is 0.829. The highest BCUT2D eigenvalue weighted by Gasteiger charge is 2.53. The number of hydrogen-bond acceptors (Lipinski definition) is 3. The van der Waals surface area contributed by atoms with E-state index in [0.29, 0.717) is 36.2 Å². The Morgan fingerprint density at radius 1 is 1.17 bits per heavy atom. The van der Waals surface area contributed by atoms with Crippen molar-refractivity contribution in [1.29, 1.82) is 0 Å². The Morgan fingerprint density at radius 3 is 2.67 bits per heavy atom. The van der Waals surface area contributed by atoms with E-state index in [1.807, 2.05) is 13.8 Å². The lowest BCUT2D eigenvalue weighted by Crippen LogP contribution is -2.64. The number of hydrogen-bond donors (Lipinski definition) is 0. The Balaban J connectivity index is 1.62. The molecular formula is C23H24FN3O3. The van der Waals surface area contributed by atoms with E-state index in [2.05, 4.69) is 0 Å². The van der Waals surface area contributed by atoms with Gasteiger partial charge in [-0.1, -0.05) is 24.3 Å². The number of nitrogens with zero attached hydrogens (tertiary/aromatic N) is 3. The number of likely N-dealkylation sites (N-methyl/N-ethyl adjacent to an activating group) is 1. The van der Waals surface area contributed by atoms with Crippen molar-refractivity contribution in [3.8, 4) is 0 Å². The molecule has 0 spiro atoms. The molecule has 30 heavy (non-hydrogen) atoms. The van der Waals surface area contributed by atoms with Crippen LogP contribution in [-0.2, 0) is 16.1 Å². The number of benzene rings is 2. The van der Waals surface area contributed by atoms with Crippen molar-refractivity contribution in [3.05, 3.63) is 65.5 Å². The zero-order chi connectivity index (χ0) is 21.5. The molecule has 0 aromatic heterocycles. The predicted molar refractivity (Wildman–Crippen MR) is 110 cm³/mol. The van der Waals surface area contributed by atoms with Crippen LogP contribution in [0.4, 0.5) is 10.1 Å². The summed E-state index contributed by atoms with van der Waals surface area (Å²) in [5.74, 6) is -0.905. The molecular weight excluding hydrogens is 385 g/mol. The van der Waals surface area contributed by atoms with E-state index in [-0.39, 0.29) is 36.6 Å². The molecule has 3 amide bonds. The number of carbonyl (C=O) groups excluding carboxylic acids is 3. The van der Waals surface area contributed by atoms with Crippen molar-refractivity contribution in [2.45, 2.75) is 38.9 Å². The Bertz CT molecular complexity index is 1020. The number of amides is 3. The zero-order valence-corrected chi connectivity index (χ0v) is 17.1. The van der Waals surface area contributed by atoms with Crippen molar-refractivity contribution < 1.29 is 18.8 Å². The molecule has 0 bridgehead atoms. The first-order valence-corrected chi connectivity index (χ1v) is 10.1. The minimum Gasteiger partial charge on any atom is -0.337 e. The van der Waals surface area contributed by atoms with Crippen molar-refractivity contribution in [2.24, 2.45) is 0 Å². The number of fused-ring (bicyclic) bond motifs is 3. The maximum absolute atomic E-state index is 13.5. The van der Waals surface area contributed by atoms with Gasteiger partial charge >= 0.3 is 0 Å². The SMILES string of the molecule is CCN(Cc1cccc(F)c1)C(=O)CN1C(=O)c2ccccc2N2C(=O)CC[C@]12C. The molecule has 2 aromatic rings. The Labute approximate surface area is 174 Å². The number of carbonyl (C=O) groups is 3. The summed E-state index contributed by atoms with van der Waals surface area (Å²) in [6, 6.07) is 13.1. The predicted octanol–water partition coefficient (Wildman–Crippen LogP) is 3.17. The normalized spacial score (nSPS) is 20.2. The van der Waals surface area contributed by atoms with Crippen LogP contribution in [0.1, 0.15) is 42.6 Å². The average Bonchev–Trinajstić information content (AvgIpc) is 3.04. The van der Waals surface area contributed by atoms with E-state index in [1.165, 1.54) is 17.0 Å². The van der Waals surface area contributed by atoms with E-state index in [1.54, 1.807) is 46.2 Å². The summed E-state index contributed by atoms with van der Waals surface area (Å²) in [4.78, 5) is 43.8. The van der Waals surface area contributed by atoms with Gasteiger partial charge in [-0.25, -0.2) is 4.39 Å². The first-order valence-electron chi connectivity index (χ1n) is 10.1. The maximum atomic E-state index is 13.5. The monoisotopic (exact) mass is 409 g/mol. The minimum atomic E-state index is -0.879. The van der Waals surface area contributed by atoms with E-state index < -0.39 is 5.66 Å². The van der Waals surface area contributed by atoms with Crippen molar-refractivity contribution >= 4 is 23.4 Å². The van der Waals surface area contributed by atoms with Gasteiger partial charge in [0.15, 0.2) is 0 Å². The van der Waals surface area contributed by atoms with Crippen molar-refractivity contribution in [1.82, 2.24) is 9.80 Å². The van der Waals surface area contributed by atoms with Crippen LogP contribution in [-0.4, -0.2) is 46.3 Å². The highest BCUT2D eigenvalue weighted by molar-refractivity contribution is 6.11. The Hall–Kier alpha value is -3.22. The lowest BCUT2D eigenvalue weighted by atomic mass is 9.98. The Morgan fingerprint density at radius 2 is 1.93 bits per heavy atom. The largest absolute Gasteiger partial charge is 0.337 e. The van der Waals surface area contributed by atoms with Gasteiger partial charge in [0.25, 0.3) is 5.91 Å². The van der Waals surface area contributed by atoms with Crippen molar-refractivity contribution in [2.75, 3.05) is 18.0 Å². The molecule has 0 aliphatic carbocycles. The molecule has 2 heterocycles. The third kappa shape index (κ3) is 3.24. The fraction of sp³-hybridized carbons (Fsp3) is 0.348. The van der Waals surface area contributed by atoms with Gasteiger partial charge in [0.1, 0.15) is 18.0 Å². The summed E-state index contributed by atoms with van der Waals surface area (Å²) in [6.45, 7) is 4.22. The van der Waals surface area contributed by atoms with E-state index in [0.717, 1.165) is 0 Å². The quantitative estimate of drug-likeness (QED) is 0.762. The molecule has 2 aliphatic heterocycles. The van der Waals surface area contributed by atoms with Crippen molar-refractivity contribution in [3.63, 3.8) is 0 Å². The zero-order valence-electron chi connectivity index (χ0n) is 17.1. The van der Waals surface area contributed by atoms with E-state index >= 15 is 0 Å². The summed E-state index contributed by atoms with van der Waals surface area (Å²) in [6.07, 6.45) is 0.790. The van der Waals surface area contributed by atoms with Crippen LogP contribution >= 0.6 is 0 Å². The van der Waals surface area contributed by atoms with Crippen LogP contribution in [0.15, 0.2) is 48.5 Å². The van der Waals surface area contributed by atoms with Crippen LogP contribution in [0, 0.1) is 5.82 Å². The van der Waals surface area contributed by atoms with Gasteiger partial charge < -0.3 is 9.80 Å². The molecule has 2 aliphatic rings. The minimum absolute atomic E-state index is 0.0537. The molecule has 1 saturated heterocycles. The first-order chi connectivity index (χ1) is 14.3. The van der Waals surface area contributed by atoms with E-state index in [9.17, 15) is 18.8 Å². The molecule has 0 unspecified atom stereocenters. The highest BCUT2D eigenvalue weighted by Crippen LogP contribution is 2.43. The standard InChI is InChI=1S/C23H24FN3O3/c1-3-25(14-16-7-6-8-17(24)13-16)21(29)15-26-22(30)18-9-4-5-10-19(18)27-20(28)11-12-23(26,27)2/h4-10,13H,3,11-12,14-15H2,1-2H3/t23-/m1/s1. The molecule has 0 N–H and O–H groups in total. The molecule has 6 nitrogen and oxygen atoms in total. The average molecular weight is 409 g/mol. The summed E-state index contributed by atoms with van der Waals surface area (Å²) < 4.78 is 13.5. The van der Waals surface area contributed by atoms with Gasteiger partial charge in [-0.3, -0.25) is 19.3 Å². The van der Waals surface area contributed by atoms with Crippen LogP contribution in [0.2, 0.25) is 0 Å². The van der Waals surface area contributed by atoms with Gasteiger partial charge in [-0.05, 0) is 50.1 Å². The number of anilines is 1. The molecule has 156 valence electrons. The topological polar surface area (TPSA) is 60.9 Å². The number of para-hydroxylation sites is 1. The van der Waals surface area contributed by atoms with Gasteiger partial charge in [0.05, 0.1) is 11.3 Å². The molecule has 0 radical (unpaired) electrons. The maximum Gasteiger partial charge on any atom is 0.258 e. The molecule has 1 atom stereocenters. The molecule has 0 saturated carbocycles. The van der Waals surface area contributed by atoms with Gasteiger partial charge in [0, 0.05) is 19.5 Å². The van der Waals surface area contributed by atoms with Crippen LogP contribution in [0.3, 0.4) is 0 Å². The third-order valence-electron chi connectivity index (χ3n) is 6.04. The molecule has 7 heteroatoms. The summed E-state index contributed by atoms with van der Waals surface area (Å²) in [7, 11) is 0. The second-order valence-electron chi connectivity index (χ2n) is 7.89. The molecule has 1 fully saturated rings. The lowest BCUT2D eigenvalue weighted by molar-refractivity contribution is -0.134. The molecule has 2 aromatic carbocycles. The third-order valence-corrected chi connectivity index (χ3v) is 6.04. The molecule has 4 rings (SSSR count). The summed E-state index contributed by atoms with van der Waals surface area (Å²) in [5, 5.41) is 0. The smallest absolute Gasteiger partial charge is 0.258 e. The summed E-state index contributed by atoms with van der Waals surface area (Å²) >= 11 is 0. The highest BCUT2D eigenvalue weighted by atomic mass is 19.1. The van der Waals surface area contributed by atoms with Gasteiger partial charge in [-0.2, -0.15) is 0 Å². The second-order valence-corrected chi connectivity index (χ2v) is 7.89. The first kappa shape index (κ1) is 20.1.